The van der Waals surface area contributed by atoms with Crippen LogP contribution in [-0.2, 0) is 6.42 Å². The molecule has 0 saturated carbocycles. The normalized spacial score (nSPS) is 12.7. The van der Waals surface area contributed by atoms with E-state index in [0.717, 1.165) is 12.2 Å². The predicted molar refractivity (Wildman–Crippen MR) is 74.4 cm³/mol. The first-order chi connectivity index (χ1) is 9.22. The molecule has 3 rings (SSSR count). The first kappa shape index (κ1) is 12.0. The summed E-state index contributed by atoms with van der Waals surface area (Å²) in [6.07, 6.45) is 4.34. The van der Waals surface area contributed by atoms with E-state index >= 15 is 0 Å². The molecule has 0 radical (unpaired) electrons. The van der Waals surface area contributed by atoms with Gasteiger partial charge in [-0.05, 0) is 36.4 Å². The predicted octanol–water partition coefficient (Wildman–Crippen LogP) is 1.93. The standard InChI is InChI=1S/C12H14N6S/c1-8(5-10-4-3-9(2)19-10)14-11-6-13-7-12-15-16-17-18(11)12/h3-4,6-8,14H,5H2,1-2H3. The summed E-state index contributed by atoms with van der Waals surface area (Å²) in [6.45, 7) is 4.26. The van der Waals surface area contributed by atoms with E-state index in [4.69, 9.17) is 0 Å². The van der Waals surface area contributed by atoms with Crippen LogP contribution >= 0.6 is 11.3 Å². The number of fused-ring (bicyclic) bond motifs is 1. The van der Waals surface area contributed by atoms with Gasteiger partial charge in [-0.2, -0.15) is 4.52 Å². The van der Waals surface area contributed by atoms with E-state index in [2.05, 4.69) is 51.8 Å². The molecular formula is C12H14N6S. The van der Waals surface area contributed by atoms with Gasteiger partial charge >= 0.3 is 0 Å². The third-order valence-corrected chi connectivity index (χ3v) is 3.83. The van der Waals surface area contributed by atoms with Crippen LogP contribution in [0.15, 0.2) is 24.5 Å². The molecule has 1 unspecified atom stereocenters. The summed E-state index contributed by atoms with van der Waals surface area (Å²) in [5.74, 6) is 0.809. The van der Waals surface area contributed by atoms with Crippen LogP contribution in [0, 0.1) is 6.92 Å². The Balaban J connectivity index is 1.75. The Morgan fingerprint density at radius 2 is 2.26 bits per heavy atom. The van der Waals surface area contributed by atoms with Crippen LogP contribution in [-0.4, -0.2) is 31.1 Å². The summed E-state index contributed by atoms with van der Waals surface area (Å²) in [5, 5.41) is 14.8. The van der Waals surface area contributed by atoms with Crippen molar-refractivity contribution in [2.24, 2.45) is 0 Å². The van der Waals surface area contributed by atoms with Crippen LogP contribution in [0.4, 0.5) is 5.82 Å². The number of aromatic nitrogens is 5. The maximum absolute atomic E-state index is 4.13. The van der Waals surface area contributed by atoms with Crippen molar-refractivity contribution < 1.29 is 0 Å². The van der Waals surface area contributed by atoms with E-state index in [-0.39, 0.29) is 6.04 Å². The molecule has 0 bridgehead atoms. The molecule has 0 aliphatic rings. The highest BCUT2D eigenvalue weighted by Gasteiger charge is 2.09. The van der Waals surface area contributed by atoms with Crippen molar-refractivity contribution in [2.75, 3.05) is 5.32 Å². The van der Waals surface area contributed by atoms with Crippen molar-refractivity contribution in [3.05, 3.63) is 34.3 Å². The van der Waals surface area contributed by atoms with Crippen LogP contribution < -0.4 is 5.32 Å². The van der Waals surface area contributed by atoms with Crippen molar-refractivity contribution in [2.45, 2.75) is 26.3 Å². The lowest BCUT2D eigenvalue weighted by Crippen LogP contribution is -2.19. The molecule has 3 aromatic heterocycles. The second-order valence-electron chi connectivity index (χ2n) is 4.50. The Labute approximate surface area is 114 Å². The third kappa shape index (κ3) is 2.55. The highest BCUT2D eigenvalue weighted by molar-refractivity contribution is 7.11. The maximum Gasteiger partial charge on any atom is 0.199 e. The van der Waals surface area contributed by atoms with Gasteiger partial charge in [0, 0.05) is 22.2 Å². The molecule has 0 spiro atoms. The van der Waals surface area contributed by atoms with Gasteiger partial charge in [-0.1, -0.05) is 0 Å². The molecule has 6 nitrogen and oxygen atoms in total. The molecule has 0 saturated heterocycles. The number of aryl methyl sites for hydroxylation is 1. The monoisotopic (exact) mass is 274 g/mol. The molecule has 3 heterocycles. The second-order valence-corrected chi connectivity index (χ2v) is 5.88. The zero-order valence-corrected chi connectivity index (χ0v) is 11.6. The molecule has 19 heavy (non-hydrogen) atoms. The van der Waals surface area contributed by atoms with E-state index in [1.165, 1.54) is 9.75 Å². The molecule has 98 valence electrons. The zero-order valence-electron chi connectivity index (χ0n) is 10.7. The van der Waals surface area contributed by atoms with Crippen molar-refractivity contribution in [1.82, 2.24) is 25.0 Å². The van der Waals surface area contributed by atoms with Gasteiger partial charge in [-0.25, -0.2) is 0 Å². The number of thiophene rings is 1. The fourth-order valence-electron chi connectivity index (χ4n) is 1.97. The fourth-order valence-corrected chi connectivity index (χ4v) is 2.99. The minimum atomic E-state index is 0.287. The summed E-state index contributed by atoms with van der Waals surface area (Å²) in [4.78, 5) is 6.84. The van der Waals surface area contributed by atoms with Crippen molar-refractivity contribution >= 4 is 22.8 Å². The van der Waals surface area contributed by atoms with E-state index in [9.17, 15) is 0 Å². The summed E-state index contributed by atoms with van der Waals surface area (Å²) in [6, 6.07) is 4.61. The van der Waals surface area contributed by atoms with Gasteiger partial charge in [0.1, 0.15) is 0 Å². The van der Waals surface area contributed by atoms with E-state index in [0.29, 0.717) is 5.65 Å². The molecule has 0 aromatic carbocycles. The van der Waals surface area contributed by atoms with Crippen molar-refractivity contribution in [3.63, 3.8) is 0 Å². The first-order valence-electron chi connectivity index (χ1n) is 6.06. The third-order valence-electron chi connectivity index (χ3n) is 2.81. The Morgan fingerprint density at radius 3 is 3.05 bits per heavy atom. The number of rotatable bonds is 4. The highest BCUT2D eigenvalue weighted by atomic mass is 32.1. The van der Waals surface area contributed by atoms with E-state index < -0.39 is 0 Å². The highest BCUT2D eigenvalue weighted by Crippen LogP contribution is 2.18. The lowest BCUT2D eigenvalue weighted by Gasteiger charge is -2.14. The van der Waals surface area contributed by atoms with Crippen LogP contribution in [0.5, 0.6) is 0 Å². The lowest BCUT2D eigenvalue weighted by molar-refractivity contribution is 0.764. The molecule has 3 aromatic rings. The number of hydrogen-bond donors (Lipinski definition) is 1. The Bertz CT molecular complexity index is 688. The quantitative estimate of drug-likeness (QED) is 0.787. The Hall–Kier alpha value is -2.02. The number of nitrogens with zero attached hydrogens (tertiary/aromatic N) is 5. The minimum absolute atomic E-state index is 0.287. The number of anilines is 1. The van der Waals surface area contributed by atoms with Gasteiger partial charge in [0.05, 0.1) is 12.4 Å². The average molecular weight is 274 g/mol. The molecule has 0 amide bonds. The van der Waals surface area contributed by atoms with E-state index in [1.807, 2.05) is 11.3 Å². The maximum atomic E-state index is 4.13. The van der Waals surface area contributed by atoms with Crippen LogP contribution in [0.3, 0.4) is 0 Å². The molecule has 0 fully saturated rings. The Morgan fingerprint density at radius 1 is 1.37 bits per heavy atom. The summed E-state index contributed by atoms with van der Waals surface area (Å²) < 4.78 is 1.66. The van der Waals surface area contributed by atoms with Gasteiger partial charge in [-0.3, -0.25) is 4.98 Å². The smallest absolute Gasteiger partial charge is 0.199 e. The van der Waals surface area contributed by atoms with Gasteiger partial charge in [0.15, 0.2) is 11.5 Å². The van der Waals surface area contributed by atoms with Gasteiger partial charge in [0.2, 0.25) is 0 Å². The van der Waals surface area contributed by atoms with Gasteiger partial charge in [0.25, 0.3) is 0 Å². The summed E-state index contributed by atoms with van der Waals surface area (Å²) in [7, 11) is 0. The lowest BCUT2D eigenvalue weighted by atomic mass is 10.2. The molecule has 1 atom stereocenters. The molecule has 0 aliphatic carbocycles. The van der Waals surface area contributed by atoms with Gasteiger partial charge in [-0.15, -0.1) is 16.4 Å². The molecule has 7 heteroatoms. The van der Waals surface area contributed by atoms with Crippen LogP contribution in [0.25, 0.3) is 5.65 Å². The molecular weight excluding hydrogens is 260 g/mol. The number of hydrogen-bond acceptors (Lipinski definition) is 6. The topological polar surface area (TPSA) is 68.0 Å². The molecule has 1 N–H and O–H groups in total. The summed E-state index contributed by atoms with van der Waals surface area (Å²) in [5.41, 5.74) is 0.643. The summed E-state index contributed by atoms with van der Waals surface area (Å²) >= 11 is 1.83. The first-order valence-corrected chi connectivity index (χ1v) is 6.88. The Kier molecular flexibility index (Phi) is 3.12. The van der Waals surface area contributed by atoms with Crippen LogP contribution in [0.1, 0.15) is 16.7 Å². The van der Waals surface area contributed by atoms with Crippen molar-refractivity contribution in [3.8, 4) is 0 Å². The van der Waals surface area contributed by atoms with Gasteiger partial charge < -0.3 is 5.32 Å². The van der Waals surface area contributed by atoms with Crippen molar-refractivity contribution in [1.29, 1.82) is 0 Å². The number of nitrogens with one attached hydrogen (secondary N) is 1. The molecule has 0 aliphatic heterocycles. The second kappa shape index (κ2) is 4.93. The zero-order chi connectivity index (χ0) is 13.2. The number of tetrazole rings is 1. The van der Waals surface area contributed by atoms with E-state index in [1.54, 1.807) is 16.9 Å². The SMILES string of the molecule is Cc1ccc(CC(C)Nc2cncc3nnnn23)s1. The van der Waals surface area contributed by atoms with Crippen LogP contribution in [0.2, 0.25) is 0 Å². The largest absolute Gasteiger partial charge is 0.366 e. The fraction of sp³-hybridized carbons (Fsp3) is 0.333. The average Bonchev–Trinajstić information content (AvgIpc) is 2.98. The minimum Gasteiger partial charge on any atom is -0.366 e.